The van der Waals surface area contributed by atoms with Gasteiger partial charge >= 0.3 is 5.97 Å². The van der Waals surface area contributed by atoms with Gasteiger partial charge in [-0.1, -0.05) is 32.0 Å². The van der Waals surface area contributed by atoms with E-state index in [1.807, 2.05) is 24.3 Å². The number of benzene rings is 1. The first-order chi connectivity index (χ1) is 9.56. The van der Waals surface area contributed by atoms with Crippen LogP contribution < -0.4 is 0 Å². The predicted octanol–water partition coefficient (Wildman–Crippen LogP) is 3.68. The molecule has 2 aromatic rings. The maximum absolute atomic E-state index is 10.8. The quantitative estimate of drug-likeness (QED) is 0.882. The minimum atomic E-state index is -0.996. The highest BCUT2D eigenvalue weighted by atomic mass is 32.1. The van der Waals surface area contributed by atoms with Crippen molar-refractivity contribution in [3.63, 3.8) is 0 Å². The second kappa shape index (κ2) is 6.63. The molecule has 0 bridgehead atoms. The lowest BCUT2D eigenvalue weighted by atomic mass is 10.1. The minimum Gasteiger partial charge on any atom is -0.476 e. The molecule has 106 valence electrons. The second-order valence-corrected chi connectivity index (χ2v) is 5.81. The van der Waals surface area contributed by atoms with E-state index < -0.39 is 5.97 Å². The summed E-state index contributed by atoms with van der Waals surface area (Å²) in [5, 5.41) is 11.2. The third kappa shape index (κ3) is 3.88. The molecule has 1 N–H and O–H groups in total. The van der Waals surface area contributed by atoms with Gasteiger partial charge in [-0.05, 0) is 17.5 Å². The number of carbonyl (C=O) groups is 1. The summed E-state index contributed by atoms with van der Waals surface area (Å²) in [4.78, 5) is 14.9. The molecule has 20 heavy (non-hydrogen) atoms. The van der Waals surface area contributed by atoms with E-state index in [4.69, 9.17) is 9.84 Å². The van der Waals surface area contributed by atoms with Crippen LogP contribution in [-0.2, 0) is 11.3 Å². The molecule has 0 aliphatic rings. The first kappa shape index (κ1) is 14.7. The van der Waals surface area contributed by atoms with Gasteiger partial charge in [-0.2, -0.15) is 0 Å². The van der Waals surface area contributed by atoms with E-state index in [9.17, 15) is 4.79 Å². The van der Waals surface area contributed by atoms with Crippen molar-refractivity contribution < 1.29 is 14.6 Å². The van der Waals surface area contributed by atoms with E-state index in [-0.39, 0.29) is 5.69 Å². The number of thiazole rings is 1. The van der Waals surface area contributed by atoms with Gasteiger partial charge in [0.25, 0.3) is 0 Å². The zero-order chi connectivity index (χ0) is 14.5. The van der Waals surface area contributed by atoms with Crippen LogP contribution in [0.2, 0.25) is 0 Å². The molecule has 0 spiro atoms. The largest absolute Gasteiger partial charge is 0.476 e. The van der Waals surface area contributed by atoms with Crippen LogP contribution in [0, 0.1) is 5.92 Å². The third-order valence-corrected chi connectivity index (χ3v) is 3.51. The van der Waals surface area contributed by atoms with Gasteiger partial charge in [0.15, 0.2) is 5.69 Å². The molecule has 1 aromatic carbocycles. The molecule has 0 fully saturated rings. The molecule has 0 aliphatic carbocycles. The molecule has 0 unspecified atom stereocenters. The van der Waals surface area contributed by atoms with Gasteiger partial charge in [0.2, 0.25) is 0 Å². The minimum absolute atomic E-state index is 0.0893. The van der Waals surface area contributed by atoms with Crippen molar-refractivity contribution in [3.05, 3.63) is 40.9 Å². The molecule has 1 aromatic heterocycles. The molecule has 2 rings (SSSR count). The summed E-state index contributed by atoms with van der Waals surface area (Å²) in [6.45, 7) is 5.51. The van der Waals surface area contributed by atoms with Crippen molar-refractivity contribution in [3.8, 4) is 10.6 Å². The zero-order valence-electron chi connectivity index (χ0n) is 11.5. The topological polar surface area (TPSA) is 59.4 Å². The number of nitrogens with zero attached hydrogens (tertiary/aromatic N) is 1. The Bertz CT molecular complexity index is 592. The summed E-state index contributed by atoms with van der Waals surface area (Å²) >= 11 is 1.34. The number of ether oxygens (including phenoxy) is 1. The summed E-state index contributed by atoms with van der Waals surface area (Å²) in [6, 6.07) is 7.85. The van der Waals surface area contributed by atoms with Crippen LogP contribution in [-0.4, -0.2) is 22.7 Å². The fourth-order valence-corrected chi connectivity index (χ4v) is 2.50. The fraction of sp³-hybridized carbons (Fsp3) is 0.333. The number of carboxylic acid groups (broad SMARTS) is 1. The van der Waals surface area contributed by atoms with Crippen LogP contribution in [0.25, 0.3) is 10.6 Å². The number of rotatable bonds is 6. The van der Waals surface area contributed by atoms with Crippen LogP contribution in [0.5, 0.6) is 0 Å². The maximum atomic E-state index is 10.8. The van der Waals surface area contributed by atoms with Gasteiger partial charge in [-0.3, -0.25) is 0 Å². The van der Waals surface area contributed by atoms with Crippen molar-refractivity contribution in [1.82, 2.24) is 4.98 Å². The molecule has 0 saturated carbocycles. The van der Waals surface area contributed by atoms with Crippen LogP contribution in [0.3, 0.4) is 0 Å². The molecular formula is C15H17NO3S. The normalized spacial score (nSPS) is 10.9. The SMILES string of the molecule is CC(C)COCc1cccc(-c2nc(C(=O)O)cs2)c1. The van der Waals surface area contributed by atoms with Gasteiger partial charge in [-0.25, -0.2) is 9.78 Å². The van der Waals surface area contributed by atoms with Crippen molar-refractivity contribution in [1.29, 1.82) is 0 Å². The van der Waals surface area contributed by atoms with Crippen LogP contribution >= 0.6 is 11.3 Å². The van der Waals surface area contributed by atoms with Crippen molar-refractivity contribution in [2.45, 2.75) is 20.5 Å². The molecule has 5 heteroatoms. The number of hydrogen-bond donors (Lipinski definition) is 1. The summed E-state index contributed by atoms with van der Waals surface area (Å²) in [6.07, 6.45) is 0. The van der Waals surface area contributed by atoms with Crippen LogP contribution in [0.15, 0.2) is 29.6 Å². The molecule has 4 nitrogen and oxygen atoms in total. The summed E-state index contributed by atoms with van der Waals surface area (Å²) in [5.74, 6) is -0.487. The first-order valence-electron chi connectivity index (χ1n) is 6.42. The fourth-order valence-electron chi connectivity index (χ4n) is 1.71. The third-order valence-electron chi connectivity index (χ3n) is 2.62. The van der Waals surface area contributed by atoms with E-state index in [1.165, 1.54) is 11.3 Å². The Morgan fingerprint density at radius 1 is 1.45 bits per heavy atom. The van der Waals surface area contributed by atoms with Crippen LogP contribution in [0.1, 0.15) is 29.9 Å². The van der Waals surface area contributed by atoms with Gasteiger partial charge in [-0.15, -0.1) is 11.3 Å². The Balaban J connectivity index is 2.10. The highest BCUT2D eigenvalue weighted by molar-refractivity contribution is 7.13. The highest BCUT2D eigenvalue weighted by Crippen LogP contribution is 2.24. The molecule has 0 amide bonds. The van der Waals surface area contributed by atoms with E-state index in [0.29, 0.717) is 17.5 Å². The Kier molecular flexibility index (Phi) is 4.87. The molecule has 0 radical (unpaired) electrons. The summed E-state index contributed by atoms with van der Waals surface area (Å²) in [7, 11) is 0. The molecular weight excluding hydrogens is 274 g/mol. The summed E-state index contributed by atoms with van der Waals surface area (Å²) < 4.78 is 5.60. The lowest BCUT2D eigenvalue weighted by Crippen LogP contribution is -2.01. The van der Waals surface area contributed by atoms with E-state index in [0.717, 1.165) is 17.7 Å². The van der Waals surface area contributed by atoms with E-state index in [1.54, 1.807) is 5.38 Å². The second-order valence-electron chi connectivity index (χ2n) is 4.95. The Labute approximate surface area is 122 Å². The number of hydrogen-bond acceptors (Lipinski definition) is 4. The van der Waals surface area contributed by atoms with E-state index >= 15 is 0 Å². The lowest BCUT2D eigenvalue weighted by molar-refractivity contribution is 0.0691. The molecule has 1 heterocycles. The Hall–Kier alpha value is -1.72. The van der Waals surface area contributed by atoms with Gasteiger partial charge < -0.3 is 9.84 Å². The first-order valence-corrected chi connectivity index (χ1v) is 7.30. The van der Waals surface area contributed by atoms with Gasteiger partial charge in [0.1, 0.15) is 5.01 Å². The van der Waals surface area contributed by atoms with E-state index in [2.05, 4.69) is 18.8 Å². The highest BCUT2D eigenvalue weighted by Gasteiger charge is 2.10. The average molecular weight is 291 g/mol. The predicted molar refractivity (Wildman–Crippen MR) is 79.0 cm³/mol. The molecule has 0 saturated heterocycles. The monoisotopic (exact) mass is 291 g/mol. The average Bonchev–Trinajstić information content (AvgIpc) is 2.88. The molecule has 0 aliphatic heterocycles. The van der Waals surface area contributed by atoms with Crippen molar-refractivity contribution >= 4 is 17.3 Å². The Morgan fingerprint density at radius 3 is 2.90 bits per heavy atom. The van der Waals surface area contributed by atoms with Crippen molar-refractivity contribution in [2.75, 3.05) is 6.61 Å². The van der Waals surface area contributed by atoms with Gasteiger partial charge in [0, 0.05) is 17.6 Å². The lowest BCUT2D eigenvalue weighted by Gasteiger charge is -2.07. The maximum Gasteiger partial charge on any atom is 0.355 e. The molecule has 0 atom stereocenters. The smallest absolute Gasteiger partial charge is 0.355 e. The zero-order valence-corrected chi connectivity index (χ0v) is 12.3. The van der Waals surface area contributed by atoms with Gasteiger partial charge in [0.05, 0.1) is 6.61 Å². The number of aromatic nitrogens is 1. The summed E-state index contributed by atoms with van der Waals surface area (Å²) in [5.41, 5.74) is 2.08. The van der Waals surface area contributed by atoms with Crippen LogP contribution in [0.4, 0.5) is 0 Å². The Morgan fingerprint density at radius 2 is 2.25 bits per heavy atom. The number of carboxylic acids is 1. The number of aromatic carboxylic acids is 1. The van der Waals surface area contributed by atoms with Crippen molar-refractivity contribution in [2.24, 2.45) is 5.92 Å². The standard InChI is InChI=1S/C15H17NO3S/c1-10(2)7-19-8-11-4-3-5-12(6-11)14-16-13(9-20-14)15(17)18/h3-6,9-10H,7-8H2,1-2H3,(H,17,18).